The molecule has 58 heavy (non-hydrogen) atoms. The van der Waals surface area contributed by atoms with Gasteiger partial charge in [-0.1, -0.05) is 72.3 Å². The van der Waals surface area contributed by atoms with Crippen LogP contribution in [-0.2, 0) is 25.0 Å². The van der Waals surface area contributed by atoms with Gasteiger partial charge in [0.25, 0.3) is 0 Å². The van der Waals surface area contributed by atoms with Gasteiger partial charge in [-0.3, -0.25) is 0 Å². The zero-order chi connectivity index (χ0) is 39.9. The van der Waals surface area contributed by atoms with Crippen LogP contribution in [0.15, 0.2) is 120 Å². The molecule has 2 aliphatic rings. The van der Waals surface area contributed by atoms with Crippen LogP contribution in [0.3, 0.4) is 0 Å². The Labute approximate surface area is 346 Å². The molecule has 5 heterocycles. The molecular weight excluding hydrogens is 760 g/mol. The fourth-order valence-corrected chi connectivity index (χ4v) is 10.5. The molecule has 0 bridgehead atoms. The predicted octanol–water partition coefficient (Wildman–Crippen LogP) is 13.2. The molecule has 9 aromatic rings. The van der Waals surface area contributed by atoms with Crippen LogP contribution in [-0.4, -0.2) is 41.0 Å². The molecule has 3 aromatic heterocycles. The summed E-state index contributed by atoms with van der Waals surface area (Å²) in [5.74, 6) is 0. The summed E-state index contributed by atoms with van der Waals surface area (Å²) in [7, 11) is -1.27. The molecule has 1 unspecified atom stereocenters. The maximum Gasteiger partial charge on any atom is 0.489 e. The van der Waals surface area contributed by atoms with Gasteiger partial charge in [0.15, 0.2) is 0 Å². The third-order valence-electron chi connectivity index (χ3n) is 13.3. The first kappa shape index (κ1) is 36.5. The summed E-state index contributed by atoms with van der Waals surface area (Å²) in [5.41, 5.74) is 6.30. The number of thiophene rings is 1. The van der Waals surface area contributed by atoms with E-state index in [-0.39, 0.29) is 0 Å². The molecule has 1 atom stereocenters. The topological polar surface area (TPSA) is 55.0 Å². The lowest BCUT2D eigenvalue weighted by Gasteiger charge is -2.36. The minimum absolute atomic E-state index is 0.481. The number of nitrogens with zero attached hydrogens (tertiary/aromatic N) is 1. The summed E-state index contributed by atoms with van der Waals surface area (Å²) in [6, 6.07) is 41.2. The number of hydrogen-bond acceptors (Lipinski definition) is 6. The number of benzene rings is 6. The molecule has 0 saturated carbocycles. The van der Waals surface area contributed by atoms with Crippen molar-refractivity contribution in [2.24, 2.45) is 0 Å². The minimum atomic E-state index is -0.648. The third-order valence-corrected chi connectivity index (χ3v) is 14.9. The molecule has 6 nitrogen and oxygen atoms in total. The highest BCUT2D eigenvalue weighted by Gasteiger charge is 2.64. The van der Waals surface area contributed by atoms with Gasteiger partial charge in [-0.05, 0) is 120 Å². The Balaban J connectivity index is 1.00. The lowest BCUT2D eigenvalue weighted by Crippen LogP contribution is -2.46. The molecule has 0 radical (unpaired) electrons. The van der Waals surface area contributed by atoms with Crippen LogP contribution < -0.4 is 0 Å². The summed E-state index contributed by atoms with van der Waals surface area (Å²) < 4.78 is 37.3. The Kier molecular flexibility index (Phi) is 7.84. The molecule has 288 valence electrons. The van der Waals surface area contributed by atoms with Gasteiger partial charge in [-0.15, -0.1) is 11.3 Å². The summed E-state index contributed by atoms with van der Waals surface area (Å²) in [5, 5.41) is 7.42. The first-order valence-corrected chi connectivity index (χ1v) is 21.2. The molecule has 0 spiro atoms. The van der Waals surface area contributed by atoms with Crippen LogP contribution in [0.1, 0.15) is 54.0 Å². The van der Waals surface area contributed by atoms with Crippen LogP contribution >= 0.6 is 22.9 Å². The van der Waals surface area contributed by atoms with Crippen LogP contribution in [0.25, 0.3) is 80.7 Å². The highest BCUT2D eigenvalue weighted by Crippen LogP contribution is 2.48. The highest BCUT2D eigenvalue weighted by atomic mass is 35.5. The van der Waals surface area contributed by atoms with E-state index in [1.54, 1.807) is 11.3 Å². The second-order valence-electron chi connectivity index (χ2n) is 17.8. The molecule has 2 aliphatic heterocycles. The van der Waals surface area contributed by atoms with Gasteiger partial charge >= 0.3 is 14.0 Å². The quantitative estimate of drug-likeness (QED) is 0.162. The molecule has 2 saturated heterocycles. The fraction of sp³-hybridized carbons (Fsp3) is 0.250. The molecule has 0 N–H and O–H groups in total. The van der Waals surface area contributed by atoms with Gasteiger partial charge in [0.2, 0.25) is 0 Å². The molecule has 10 heteroatoms. The van der Waals surface area contributed by atoms with Crippen molar-refractivity contribution < 1.29 is 23.0 Å². The lowest BCUT2D eigenvalue weighted by molar-refractivity contribution is -0.00875. The average molecular weight is 802 g/mol. The van der Waals surface area contributed by atoms with Crippen LogP contribution in [0, 0.1) is 0 Å². The first-order valence-electron chi connectivity index (χ1n) is 20.0. The second-order valence-corrected chi connectivity index (χ2v) is 19.2. The van der Waals surface area contributed by atoms with Gasteiger partial charge in [0, 0.05) is 49.1 Å². The Bertz CT molecular complexity index is 3130. The number of aromatic nitrogens is 1. The first-order chi connectivity index (χ1) is 27.7. The van der Waals surface area contributed by atoms with E-state index in [0.29, 0.717) is 6.42 Å². The monoisotopic (exact) mass is 801 g/mol. The highest BCUT2D eigenvalue weighted by molar-refractivity contribution is 7.26. The van der Waals surface area contributed by atoms with Crippen molar-refractivity contribution in [2.75, 3.05) is 0 Å². The predicted molar refractivity (Wildman–Crippen MR) is 242 cm³/mol. The lowest BCUT2D eigenvalue weighted by atomic mass is 9.49. The Morgan fingerprint density at radius 3 is 2.09 bits per heavy atom. The number of furan rings is 1. The Morgan fingerprint density at radius 2 is 1.29 bits per heavy atom. The Hall–Kier alpha value is -4.60. The van der Waals surface area contributed by atoms with Gasteiger partial charge < -0.3 is 27.6 Å². The van der Waals surface area contributed by atoms with E-state index >= 15 is 0 Å². The summed E-state index contributed by atoms with van der Waals surface area (Å²) >= 11 is 8.94. The number of hydrogen-bond donors (Lipinski definition) is 0. The van der Waals surface area contributed by atoms with E-state index in [1.807, 2.05) is 27.7 Å². The second kappa shape index (κ2) is 12.5. The third kappa shape index (κ3) is 5.34. The van der Waals surface area contributed by atoms with Crippen molar-refractivity contribution in [3.8, 4) is 16.8 Å². The van der Waals surface area contributed by atoms with Crippen molar-refractivity contribution in [3.05, 3.63) is 126 Å². The van der Waals surface area contributed by atoms with E-state index in [4.69, 9.17) is 34.6 Å². The van der Waals surface area contributed by atoms with Crippen molar-refractivity contribution in [2.45, 2.75) is 77.3 Å². The normalized spacial score (nSPS) is 20.3. The maximum absolute atomic E-state index is 7.23. The van der Waals surface area contributed by atoms with E-state index in [9.17, 15) is 0 Å². The summed E-state index contributed by atoms with van der Waals surface area (Å²) in [6.45, 7) is 14.5. The number of halogens is 1. The SMILES string of the molecule is CC1(C)OB(B2OC(C)(C)C(C)(Cc3ccc4oc5c(ccc6sc7c(Cl)cc(-n8c9ccccc9c9cc(-c%10ccccc%10)ccc98)cc7c65)c4c3)O2)OC1(C)C. The van der Waals surface area contributed by atoms with Crippen molar-refractivity contribution >= 4 is 101 Å². The zero-order valence-electron chi connectivity index (χ0n) is 33.6. The minimum Gasteiger partial charge on any atom is -0.455 e. The van der Waals surface area contributed by atoms with Crippen molar-refractivity contribution in [3.63, 3.8) is 0 Å². The van der Waals surface area contributed by atoms with Crippen LogP contribution in [0.4, 0.5) is 0 Å². The van der Waals surface area contributed by atoms with E-state index in [2.05, 4.69) is 141 Å². The van der Waals surface area contributed by atoms with Gasteiger partial charge in [-0.2, -0.15) is 0 Å². The van der Waals surface area contributed by atoms with Gasteiger partial charge in [0.1, 0.15) is 11.2 Å². The standard InChI is InChI=1S/C48H42B2ClNO5S/c1-45(2)46(3,4)55-49(54-45)50-56-47(5,6)48(7,57-50)27-28-17-21-40-35(23-28)33-19-22-41-42(43(33)53-40)36-25-31(26-37(51)44(36)58-41)52-38-16-12-11-15-32(38)34-24-30(18-20-39(34)52)29-13-9-8-10-14-29/h8-26H,27H2,1-7H3. The van der Waals surface area contributed by atoms with Crippen molar-refractivity contribution in [1.29, 1.82) is 0 Å². The van der Waals surface area contributed by atoms with E-state index in [0.717, 1.165) is 69.4 Å². The van der Waals surface area contributed by atoms with E-state index < -0.39 is 36.4 Å². The van der Waals surface area contributed by atoms with Gasteiger partial charge in [0.05, 0.1) is 43.2 Å². The van der Waals surface area contributed by atoms with Crippen LogP contribution in [0.2, 0.25) is 5.02 Å². The number of para-hydroxylation sites is 1. The largest absolute Gasteiger partial charge is 0.489 e. The van der Waals surface area contributed by atoms with E-state index in [1.165, 1.54) is 21.9 Å². The van der Waals surface area contributed by atoms with Crippen molar-refractivity contribution in [1.82, 2.24) is 4.57 Å². The smallest absolute Gasteiger partial charge is 0.455 e. The molecule has 6 aromatic carbocycles. The molecule has 2 fully saturated rings. The Morgan fingerprint density at radius 1 is 0.586 bits per heavy atom. The number of fused-ring (bicyclic) bond motifs is 10. The maximum atomic E-state index is 7.23. The van der Waals surface area contributed by atoms with Gasteiger partial charge in [-0.25, -0.2) is 0 Å². The molecule has 0 aliphatic carbocycles. The molecule has 11 rings (SSSR count). The fourth-order valence-electron chi connectivity index (χ4n) is 9.08. The zero-order valence-corrected chi connectivity index (χ0v) is 35.2. The number of rotatable bonds is 5. The summed E-state index contributed by atoms with van der Waals surface area (Å²) in [6.07, 6.45) is 0.632. The van der Waals surface area contributed by atoms with Crippen LogP contribution in [0.5, 0.6) is 0 Å². The average Bonchev–Trinajstić information content (AvgIpc) is 3.95. The summed E-state index contributed by atoms with van der Waals surface area (Å²) in [4.78, 5) is 0. The molecular formula is C48H42B2ClNO5S. The molecule has 0 amide bonds.